The molecule has 1 N–H and O–H groups in total. The van der Waals surface area contributed by atoms with E-state index in [9.17, 15) is 18.0 Å². The van der Waals surface area contributed by atoms with Crippen LogP contribution in [0.25, 0.3) is 5.69 Å². The Morgan fingerprint density at radius 1 is 1.20 bits per heavy atom. The maximum absolute atomic E-state index is 12.5. The molecule has 0 aliphatic heterocycles. The van der Waals surface area contributed by atoms with Crippen LogP contribution in [-0.4, -0.2) is 43.3 Å². The second-order valence-corrected chi connectivity index (χ2v) is 7.23. The van der Waals surface area contributed by atoms with Crippen LogP contribution in [0.15, 0.2) is 47.9 Å². The van der Waals surface area contributed by atoms with Crippen LogP contribution in [0.4, 0.5) is 13.2 Å². The fraction of sp³-hybridized carbons (Fsp3) is 0.278. The van der Waals surface area contributed by atoms with Crippen LogP contribution in [0.2, 0.25) is 0 Å². The number of halogens is 3. The first-order chi connectivity index (χ1) is 14.2. The van der Waals surface area contributed by atoms with Crippen molar-refractivity contribution >= 4 is 17.7 Å². The van der Waals surface area contributed by atoms with Gasteiger partial charge in [-0.3, -0.25) is 4.79 Å². The van der Waals surface area contributed by atoms with Gasteiger partial charge in [0.05, 0.1) is 11.4 Å². The highest BCUT2D eigenvalue weighted by Gasteiger charge is 2.31. The number of amides is 1. The average Bonchev–Trinajstić information content (AvgIpc) is 3.10. The second kappa shape index (κ2) is 9.11. The first kappa shape index (κ1) is 21.6. The molecule has 3 aromatic rings. The number of hydrogen-bond acceptors (Lipinski definition) is 7. The number of thioether (sulfide) groups is 1. The zero-order valence-electron chi connectivity index (χ0n) is 15.9. The molecule has 0 radical (unpaired) electrons. The third-order valence-electron chi connectivity index (χ3n) is 3.59. The van der Waals surface area contributed by atoms with Crippen LogP contribution in [0.5, 0.6) is 5.75 Å². The molecule has 30 heavy (non-hydrogen) atoms. The number of alkyl halides is 3. The molecule has 2 aromatic heterocycles. The Hall–Kier alpha value is -3.15. The van der Waals surface area contributed by atoms with Crippen LogP contribution in [0.1, 0.15) is 30.0 Å². The fourth-order valence-electron chi connectivity index (χ4n) is 2.43. The number of ether oxygens (including phenoxy) is 1. The Morgan fingerprint density at radius 3 is 2.47 bits per heavy atom. The normalized spacial score (nSPS) is 11.5. The first-order valence-corrected chi connectivity index (χ1v) is 9.73. The minimum Gasteiger partial charge on any atom is -0.406 e. The van der Waals surface area contributed by atoms with Gasteiger partial charge in [0.2, 0.25) is 0 Å². The molecule has 2 heterocycles. The third-order valence-corrected chi connectivity index (χ3v) is 4.48. The van der Waals surface area contributed by atoms with Gasteiger partial charge in [-0.2, -0.15) is 0 Å². The maximum Gasteiger partial charge on any atom is 0.573 e. The molecule has 0 saturated heterocycles. The maximum atomic E-state index is 12.5. The van der Waals surface area contributed by atoms with E-state index in [4.69, 9.17) is 0 Å². The Balaban J connectivity index is 1.91. The van der Waals surface area contributed by atoms with Gasteiger partial charge >= 0.3 is 6.36 Å². The zero-order chi connectivity index (χ0) is 21.7. The van der Waals surface area contributed by atoms with Gasteiger partial charge in [-0.15, -0.1) is 18.3 Å². The van der Waals surface area contributed by atoms with E-state index in [1.165, 1.54) is 28.6 Å². The van der Waals surface area contributed by atoms with E-state index in [0.29, 0.717) is 16.5 Å². The highest BCUT2D eigenvalue weighted by molar-refractivity contribution is 7.98. The Morgan fingerprint density at radius 2 is 1.87 bits per heavy atom. The lowest BCUT2D eigenvalue weighted by molar-refractivity contribution is -0.274. The average molecular weight is 438 g/mol. The van der Waals surface area contributed by atoms with Crippen molar-refractivity contribution in [2.45, 2.75) is 37.2 Å². The molecule has 0 aliphatic rings. The van der Waals surface area contributed by atoms with E-state index in [0.717, 1.165) is 12.1 Å². The van der Waals surface area contributed by atoms with Crippen molar-refractivity contribution in [2.75, 3.05) is 0 Å². The van der Waals surface area contributed by atoms with Crippen molar-refractivity contribution in [2.24, 2.45) is 0 Å². The van der Waals surface area contributed by atoms with Gasteiger partial charge in [-0.25, -0.2) is 14.6 Å². The molecule has 8 nitrogen and oxygen atoms in total. The molecule has 0 saturated carbocycles. The number of nitrogens with one attached hydrogen (secondary N) is 1. The smallest absolute Gasteiger partial charge is 0.406 e. The number of aromatic nitrogens is 5. The van der Waals surface area contributed by atoms with Crippen molar-refractivity contribution in [3.63, 3.8) is 0 Å². The Labute approximate surface area is 173 Å². The molecule has 0 unspecified atom stereocenters. The monoisotopic (exact) mass is 438 g/mol. The van der Waals surface area contributed by atoms with Gasteiger partial charge in [0.15, 0.2) is 10.9 Å². The zero-order valence-corrected chi connectivity index (χ0v) is 16.7. The second-order valence-electron chi connectivity index (χ2n) is 6.29. The summed E-state index contributed by atoms with van der Waals surface area (Å²) in [6.07, 6.45) is -1.60. The fourth-order valence-corrected chi connectivity index (χ4v) is 3.22. The summed E-state index contributed by atoms with van der Waals surface area (Å²) in [6.45, 7) is 3.63. The third kappa shape index (κ3) is 5.69. The number of carbonyl (C=O) groups excluding carboxylic acids is 1. The van der Waals surface area contributed by atoms with Gasteiger partial charge in [0, 0.05) is 24.2 Å². The molecule has 0 bridgehead atoms. The van der Waals surface area contributed by atoms with Crippen molar-refractivity contribution in [1.29, 1.82) is 0 Å². The number of nitrogens with zero attached hydrogens (tertiary/aromatic N) is 5. The first-order valence-electron chi connectivity index (χ1n) is 8.74. The van der Waals surface area contributed by atoms with E-state index in [1.54, 1.807) is 18.5 Å². The van der Waals surface area contributed by atoms with Crippen LogP contribution in [0.3, 0.4) is 0 Å². The summed E-state index contributed by atoms with van der Waals surface area (Å²) in [5.41, 5.74) is 0.989. The molecule has 1 amide bonds. The van der Waals surface area contributed by atoms with Crippen molar-refractivity contribution in [3.8, 4) is 11.4 Å². The minimum absolute atomic E-state index is 0.112. The lowest BCUT2D eigenvalue weighted by Gasteiger charge is -2.11. The van der Waals surface area contributed by atoms with E-state index in [-0.39, 0.29) is 23.2 Å². The quantitative estimate of drug-likeness (QED) is 0.446. The number of carbonyl (C=O) groups is 1. The predicted octanol–water partition coefficient (Wildman–Crippen LogP) is 3.39. The molecule has 1 aromatic carbocycles. The molecule has 0 atom stereocenters. The van der Waals surface area contributed by atoms with E-state index in [2.05, 4.69) is 30.3 Å². The topological polar surface area (TPSA) is 94.8 Å². The highest BCUT2D eigenvalue weighted by atomic mass is 32.2. The Kier molecular flexibility index (Phi) is 6.55. The minimum atomic E-state index is -4.78. The largest absolute Gasteiger partial charge is 0.573 e. The van der Waals surface area contributed by atoms with Gasteiger partial charge < -0.3 is 10.1 Å². The lowest BCUT2D eigenvalue weighted by atomic mass is 10.2. The van der Waals surface area contributed by atoms with Crippen molar-refractivity contribution < 1.29 is 22.7 Å². The summed E-state index contributed by atoms with van der Waals surface area (Å²) >= 11 is 1.27. The van der Waals surface area contributed by atoms with E-state index < -0.39 is 12.3 Å². The van der Waals surface area contributed by atoms with Crippen LogP contribution < -0.4 is 10.1 Å². The number of rotatable bonds is 7. The van der Waals surface area contributed by atoms with Crippen LogP contribution in [0, 0.1) is 0 Å². The standard InChI is InChI=1S/C18H17F3N6O2S/c1-11(2)24-16(28)15-14(10-30-17-22-8-3-9-23-17)27(26-25-15)12-4-6-13(7-5-12)29-18(19,20)21/h3-9,11H,10H2,1-2H3,(H,24,28). The summed E-state index contributed by atoms with van der Waals surface area (Å²) < 4.78 is 42.4. The lowest BCUT2D eigenvalue weighted by Crippen LogP contribution is -2.31. The van der Waals surface area contributed by atoms with Crippen LogP contribution >= 0.6 is 11.8 Å². The molecule has 3 rings (SSSR count). The van der Waals surface area contributed by atoms with E-state index >= 15 is 0 Å². The number of hydrogen-bond donors (Lipinski definition) is 1. The molecular weight excluding hydrogens is 421 g/mol. The predicted molar refractivity (Wildman–Crippen MR) is 102 cm³/mol. The Bertz CT molecular complexity index is 993. The summed E-state index contributed by atoms with van der Waals surface area (Å²) in [7, 11) is 0. The van der Waals surface area contributed by atoms with Crippen LogP contribution in [-0.2, 0) is 5.75 Å². The molecule has 0 spiro atoms. The van der Waals surface area contributed by atoms with Gasteiger partial charge in [-0.1, -0.05) is 17.0 Å². The SMILES string of the molecule is CC(C)NC(=O)c1nnn(-c2ccc(OC(F)(F)F)cc2)c1CSc1ncccn1. The highest BCUT2D eigenvalue weighted by Crippen LogP contribution is 2.26. The molecular formula is C18H17F3N6O2S. The summed E-state index contributed by atoms with van der Waals surface area (Å²) in [6, 6.07) is 6.69. The number of benzene rings is 1. The van der Waals surface area contributed by atoms with Crippen molar-refractivity contribution in [3.05, 3.63) is 54.1 Å². The summed E-state index contributed by atoms with van der Waals surface area (Å²) in [4.78, 5) is 20.8. The summed E-state index contributed by atoms with van der Waals surface area (Å²) in [5, 5.41) is 11.2. The molecule has 0 aliphatic carbocycles. The van der Waals surface area contributed by atoms with Gasteiger partial charge in [0.1, 0.15) is 5.75 Å². The van der Waals surface area contributed by atoms with Gasteiger partial charge in [0.25, 0.3) is 5.91 Å². The summed E-state index contributed by atoms with van der Waals surface area (Å²) in [5.74, 6) is -0.505. The molecule has 0 fully saturated rings. The molecule has 12 heteroatoms. The molecule has 158 valence electrons. The van der Waals surface area contributed by atoms with E-state index in [1.807, 2.05) is 13.8 Å². The van der Waals surface area contributed by atoms with Crippen molar-refractivity contribution in [1.82, 2.24) is 30.3 Å². The van der Waals surface area contributed by atoms with Gasteiger partial charge in [-0.05, 0) is 44.2 Å².